The molecular formula is C18H28N2O3. The van der Waals surface area contributed by atoms with E-state index in [-0.39, 0.29) is 12.6 Å². The first-order valence-electron chi connectivity index (χ1n) is 8.27. The van der Waals surface area contributed by atoms with Crippen LogP contribution in [0.25, 0.3) is 0 Å². The van der Waals surface area contributed by atoms with Gasteiger partial charge in [0.15, 0.2) is 0 Å². The molecule has 1 fully saturated rings. The largest absolute Gasteiger partial charge is 0.480 e. The molecule has 0 aliphatic carbocycles. The number of morpholine rings is 1. The van der Waals surface area contributed by atoms with Crippen LogP contribution in [0.5, 0.6) is 0 Å². The van der Waals surface area contributed by atoms with Crippen LogP contribution in [0.3, 0.4) is 0 Å². The van der Waals surface area contributed by atoms with Crippen LogP contribution >= 0.6 is 0 Å². The molecule has 0 amide bonds. The van der Waals surface area contributed by atoms with Crippen molar-refractivity contribution in [3.63, 3.8) is 0 Å². The van der Waals surface area contributed by atoms with Crippen LogP contribution < -0.4 is 0 Å². The van der Waals surface area contributed by atoms with Crippen molar-refractivity contribution < 1.29 is 14.6 Å². The van der Waals surface area contributed by atoms with Gasteiger partial charge in [-0.3, -0.25) is 14.6 Å². The molecule has 23 heavy (non-hydrogen) atoms. The molecule has 5 heteroatoms. The number of rotatable bonds is 7. The molecule has 1 atom stereocenters. The minimum atomic E-state index is -0.801. The van der Waals surface area contributed by atoms with Gasteiger partial charge in [0.2, 0.25) is 0 Å². The molecule has 1 saturated heterocycles. The summed E-state index contributed by atoms with van der Waals surface area (Å²) in [4.78, 5) is 14.9. The zero-order valence-corrected chi connectivity index (χ0v) is 14.4. The maximum absolute atomic E-state index is 10.7. The summed E-state index contributed by atoms with van der Waals surface area (Å²) in [6, 6.07) is 8.82. The third-order valence-corrected chi connectivity index (χ3v) is 4.20. The number of hydrogen-bond donors (Lipinski definition) is 1. The summed E-state index contributed by atoms with van der Waals surface area (Å²) >= 11 is 0. The van der Waals surface area contributed by atoms with Gasteiger partial charge < -0.3 is 9.84 Å². The summed E-state index contributed by atoms with van der Waals surface area (Å²) in [6.07, 6.45) is 0.0723. The number of hydrogen-bond acceptors (Lipinski definition) is 4. The van der Waals surface area contributed by atoms with Crippen molar-refractivity contribution in [2.45, 2.75) is 32.4 Å². The van der Waals surface area contributed by atoms with Crippen molar-refractivity contribution in [2.24, 2.45) is 0 Å². The zero-order valence-electron chi connectivity index (χ0n) is 14.4. The fourth-order valence-corrected chi connectivity index (χ4v) is 2.94. The molecule has 1 aliphatic rings. The van der Waals surface area contributed by atoms with E-state index in [9.17, 15) is 4.79 Å². The summed E-state index contributed by atoms with van der Waals surface area (Å²) in [5.74, 6) is -0.244. The van der Waals surface area contributed by atoms with Gasteiger partial charge in [-0.25, -0.2) is 0 Å². The lowest BCUT2D eigenvalue weighted by Crippen LogP contribution is -2.47. The maximum atomic E-state index is 10.7. The topological polar surface area (TPSA) is 53.0 Å². The average Bonchev–Trinajstić information content (AvgIpc) is 2.47. The highest BCUT2D eigenvalue weighted by molar-refractivity contribution is 5.69. The number of carbonyl (C=O) groups is 1. The molecule has 1 aliphatic heterocycles. The predicted molar refractivity (Wildman–Crippen MR) is 90.7 cm³/mol. The Hall–Kier alpha value is -1.43. The maximum Gasteiger partial charge on any atom is 0.317 e. The summed E-state index contributed by atoms with van der Waals surface area (Å²) in [5.41, 5.74) is 2.68. The zero-order chi connectivity index (χ0) is 16.8. The number of aliphatic carboxylic acids is 1. The molecule has 0 spiro atoms. The Morgan fingerprint density at radius 2 is 2.09 bits per heavy atom. The molecule has 5 nitrogen and oxygen atoms in total. The molecule has 2 rings (SSSR count). The number of benzene rings is 1. The Kier molecular flexibility index (Phi) is 6.57. The van der Waals surface area contributed by atoms with Gasteiger partial charge in [0.05, 0.1) is 19.3 Å². The first kappa shape index (κ1) is 17.9. The Morgan fingerprint density at radius 3 is 2.70 bits per heavy atom. The second-order valence-electron chi connectivity index (χ2n) is 6.71. The molecule has 1 aromatic rings. The van der Waals surface area contributed by atoms with Crippen molar-refractivity contribution in [3.8, 4) is 0 Å². The Bertz CT molecular complexity index is 501. The van der Waals surface area contributed by atoms with Crippen LogP contribution in [0.2, 0.25) is 0 Å². The first-order valence-corrected chi connectivity index (χ1v) is 8.27. The number of ether oxygens (including phenoxy) is 1. The fraction of sp³-hybridized carbons (Fsp3) is 0.611. The first-order chi connectivity index (χ1) is 10.9. The average molecular weight is 320 g/mol. The Labute approximate surface area is 138 Å². The number of carboxylic acid groups (broad SMARTS) is 1. The van der Waals surface area contributed by atoms with Gasteiger partial charge in [0.1, 0.15) is 0 Å². The summed E-state index contributed by atoms with van der Waals surface area (Å²) in [7, 11) is 1.82. The van der Waals surface area contributed by atoms with E-state index in [1.165, 1.54) is 11.1 Å². The molecule has 1 unspecified atom stereocenters. The Balaban J connectivity index is 1.84. The normalized spacial score (nSPS) is 19.4. The second kappa shape index (κ2) is 8.43. The van der Waals surface area contributed by atoms with Gasteiger partial charge in [0, 0.05) is 26.2 Å². The van der Waals surface area contributed by atoms with E-state index in [0.29, 0.717) is 19.1 Å². The lowest BCUT2D eigenvalue weighted by atomic mass is 10.0. The van der Waals surface area contributed by atoms with Crippen LogP contribution in [-0.4, -0.2) is 66.8 Å². The van der Waals surface area contributed by atoms with Gasteiger partial charge in [-0.2, -0.15) is 0 Å². The fourth-order valence-electron chi connectivity index (χ4n) is 2.94. The van der Waals surface area contributed by atoms with E-state index in [4.69, 9.17) is 9.84 Å². The van der Waals surface area contributed by atoms with Crippen molar-refractivity contribution in [2.75, 3.05) is 39.8 Å². The van der Waals surface area contributed by atoms with E-state index in [1.54, 1.807) is 4.90 Å². The van der Waals surface area contributed by atoms with E-state index < -0.39 is 5.97 Å². The molecule has 0 bridgehead atoms. The van der Waals surface area contributed by atoms with E-state index in [2.05, 4.69) is 43.0 Å². The summed E-state index contributed by atoms with van der Waals surface area (Å²) in [5, 5.41) is 8.83. The molecule has 1 aromatic carbocycles. The van der Waals surface area contributed by atoms with Crippen LogP contribution in [0.4, 0.5) is 0 Å². The highest BCUT2D eigenvalue weighted by atomic mass is 16.5. The SMILES string of the molecule is CC(C)c1ccc(CN2CCOC(CN(C)CC(=O)O)C2)cc1. The monoisotopic (exact) mass is 320 g/mol. The molecule has 1 heterocycles. The van der Waals surface area contributed by atoms with E-state index >= 15 is 0 Å². The van der Waals surface area contributed by atoms with Crippen LogP contribution in [0.1, 0.15) is 30.9 Å². The molecule has 1 N–H and O–H groups in total. The van der Waals surface area contributed by atoms with Crippen LogP contribution in [0, 0.1) is 0 Å². The third-order valence-electron chi connectivity index (χ3n) is 4.20. The quantitative estimate of drug-likeness (QED) is 0.833. The predicted octanol–water partition coefficient (Wildman–Crippen LogP) is 2.03. The van der Waals surface area contributed by atoms with Gasteiger partial charge in [-0.1, -0.05) is 38.1 Å². The van der Waals surface area contributed by atoms with E-state index in [0.717, 1.165) is 19.6 Å². The third kappa shape index (κ3) is 5.94. The van der Waals surface area contributed by atoms with Gasteiger partial charge in [0.25, 0.3) is 0 Å². The van der Waals surface area contributed by atoms with Crippen molar-refractivity contribution in [3.05, 3.63) is 35.4 Å². The van der Waals surface area contributed by atoms with Gasteiger partial charge in [-0.15, -0.1) is 0 Å². The molecule has 0 radical (unpaired) electrons. The standard InChI is InChI=1S/C18H28N2O3/c1-14(2)16-6-4-15(5-7-16)10-20-8-9-23-17(12-20)11-19(3)13-18(21)22/h4-7,14,17H,8-13H2,1-3H3,(H,21,22). The highest BCUT2D eigenvalue weighted by Crippen LogP contribution is 2.17. The van der Waals surface area contributed by atoms with E-state index in [1.807, 2.05) is 7.05 Å². The highest BCUT2D eigenvalue weighted by Gasteiger charge is 2.22. The number of nitrogens with zero attached hydrogens (tertiary/aromatic N) is 2. The lowest BCUT2D eigenvalue weighted by Gasteiger charge is -2.34. The second-order valence-corrected chi connectivity index (χ2v) is 6.71. The van der Waals surface area contributed by atoms with Crippen LogP contribution in [0.15, 0.2) is 24.3 Å². The molecule has 0 saturated carbocycles. The smallest absolute Gasteiger partial charge is 0.317 e. The number of likely N-dealkylation sites (N-methyl/N-ethyl adjacent to an activating group) is 1. The van der Waals surface area contributed by atoms with Gasteiger partial charge >= 0.3 is 5.97 Å². The minimum Gasteiger partial charge on any atom is -0.480 e. The van der Waals surface area contributed by atoms with Crippen molar-refractivity contribution in [1.29, 1.82) is 0 Å². The Morgan fingerprint density at radius 1 is 1.39 bits per heavy atom. The van der Waals surface area contributed by atoms with Crippen LogP contribution in [-0.2, 0) is 16.1 Å². The van der Waals surface area contributed by atoms with Crippen molar-refractivity contribution in [1.82, 2.24) is 9.80 Å². The summed E-state index contributed by atoms with van der Waals surface area (Å²) in [6.45, 7) is 8.49. The van der Waals surface area contributed by atoms with Gasteiger partial charge in [-0.05, 0) is 24.1 Å². The minimum absolute atomic E-state index is 0.0521. The summed E-state index contributed by atoms with van der Waals surface area (Å²) < 4.78 is 5.77. The lowest BCUT2D eigenvalue weighted by molar-refractivity contribution is -0.138. The molecule has 0 aromatic heterocycles. The number of carboxylic acids is 1. The molecular weight excluding hydrogens is 292 g/mol. The van der Waals surface area contributed by atoms with Crippen molar-refractivity contribution >= 4 is 5.97 Å². The molecule has 128 valence electrons.